The molecule has 0 aliphatic heterocycles. The van der Waals surface area contributed by atoms with Crippen LogP contribution in [0.25, 0.3) is 0 Å². The first kappa shape index (κ1) is 20.4. The van der Waals surface area contributed by atoms with Gasteiger partial charge in [-0.15, -0.1) is 0 Å². The number of amides is 1. The highest BCUT2D eigenvalue weighted by atomic mass is 32.2. The molecule has 1 aliphatic rings. The van der Waals surface area contributed by atoms with E-state index in [1.807, 2.05) is 0 Å². The lowest BCUT2D eigenvalue weighted by Crippen LogP contribution is -2.32. The van der Waals surface area contributed by atoms with Crippen LogP contribution in [0, 0.1) is 6.92 Å². The second-order valence-electron chi connectivity index (χ2n) is 6.51. The van der Waals surface area contributed by atoms with E-state index in [1.54, 1.807) is 6.92 Å². The number of benzene rings is 1. The fourth-order valence-electron chi connectivity index (χ4n) is 3.04. The van der Waals surface area contributed by atoms with Crippen LogP contribution in [0.5, 0.6) is 0 Å². The van der Waals surface area contributed by atoms with Gasteiger partial charge in [0.25, 0.3) is 5.91 Å². The van der Waals surface area contributed by atoms with Crippen LogP contribution >= 0.6 is 11.3 Å². The summed E-state index contributed by atoms with van der Waals surface area (Å²) in [6.45, 7) is 1.64. The van der Waals surface area contributed by atoms with Gasteiger partial charge in [0.1, 0.15) is 4.88 Å². The highest BCUT2D eigenvalue weighted by Gasteiger charge is 2.24. The number of sulfonamides is 1. The van der Waals surface area contributed by atoms with Gasteiger partial charge in [-0.05, 0) is 38.0 Å². The predicted octanol–water partition coefficient (Wildman–Crippen LogP) is 2.71. The maximum absolute atomic E-state index is 12.6. The minimum Gasteiger partial charge on any atom is -0.465 e. The van der Waals surface area contributed by atoms with Crippen molar-refractivity contribution in [2.45, 2.75) is 43.5 Å². The second-order valence-corrected chi connectivity index (χ2v) is 9.22. The number of nitrogens with zero attached hydrogens (tertiary/aromatic N) is 1. The molecule has 10 heteroatoms. The van der Waals surface area contributed by atoms with E-state index in [0.717, 1.165) is 37.0 Å². The first-order valence-corrected chi connectivity index (χ1v) is 11.1. The normalized spacial score (nSPS) is 14.8. The van der Waals surface area contributed by atoms with Gasteiger partial charge < -0.3 is 4.74 Å². The summed E-state index contributed by atoms with van der Waals surface area (Å²) in [6, 6.07) is 5.76. The fourth-order valence-corrected chi connectivity index (χ4v) is 5.27. The minimum atomic E-state index is -3.69. The molecule has 2 aromatic rings. The van der Waals surface area contributed by atoms with E-state index in [-0.39, 0.29) is 21.6 Å². The Morgan fingerprint density at radius 1 is 1.25 bits per heavy atom. The number of thiazole rings is 1. The highest BCUT2D eigenvalue weighted by Crippen LogP contribution is 2.24. The number of aromatic nitrogens is 1. The molecule has 0 unspecified atom stereocenters. The number of methoxy groups -OCH3 is 1. The van der Waals surface area contributed by atoms with Gasteiger partial charge in [-0.2, -0.15) is 0 Å². The van der Waals surface area contributed by atoms with Crippen molar-refractivity contribution in [3.63, 3.8) is 0 Å². The van der Waals surface area contributed by atoms with Crippen molar-refractivity contribution in [1.29, 1.82) is 0 Å². The molecule has 1 aromatic heterocycles. The number of ether oxygens (including phenoxy) is 1. The Hall–Kier alpha value is -2.30. The Bertz CT molecular complexity index is 994. The first-order chi connectivity index (χ1) is 13.3. The van der Waals surface area contributed by atoms with Crippen molar-refractivity contribution in [3.05, 3.63) is 40.4 Å². The largest absolute Gasteiger partial charge is 0.465 e. The average molecular weight is 424 g/mol. The number of carbonyl (C=O) groups excluding carboxylic acids is 2. The molecule has 3 rings (SSSR count). The third-order valence-electron chi connectivity index (χ3n) is 4.47. The van der Waals surface area contributed by atoms with Crippen molar-refractivity contribution in [1.82, 2.24) is 9.71 Å². The summed E-state index contributed by atoms with van der Waals surface area (Å²) in [5.41, 5.74) is 0.631. The monoisotopic (exact) mass is 423 g/mol. The molecule has 28 heavy (non-hydrogen) atoms. The van der Waals surface area contributed by atoms with Crippen molar-refractivity contribution < 1.29 is 22.7 Å². The number of anilines is 1. The average Bonchev–Trinajstić information content (AvgIpc) is 3.30. The zero-order valence-corrected chi connectivity index (χ0v) is 17.2. The highest BCUT2D eigenvalue weighted by molar-refractivity contribution is 7.89. The number of rotatable bonds is 6. The molecule has 1 aromatic carbocycles. The molecular formula is C18H21N3O5S2. The summed E-state index contributed by atoms with van der Waals surface area (Å²) >= 11 is 0.998. The summed E-state index contributed by atoms with van der Waals surface area (Å²) in [7, 11) is -2.42. The number of esters is 1. The standard InChI is InChI=1S/C18H21N3O5S2/c1-11-15(17(23)26-2)27-18(19-11)20-16(22)12-6-5-9-14(10-12)28(24,25)21-13-7-3-4-8-13/h5-6,9-10,13,21H,3-4,7-8H2,1-2H3,(H,19,20,22). The van der Waals surface area contributed by atoms with E-state index in [4.69, 9.17) is 0 Å². The maximum Gasteiger partial charge on any atom is 0.350 e. The van der Waals surface area contributed by atoms with Crippen LogP contribution in [0.2, 0.25) is 0 Å². The lowest BCUT2D eigenvalue weighted by atomic mass is 10.2. The first-order valence-electron chi connectivity index (χ1n) is 8.79. The molecule has 0 atom stereocenters. The van der Waals surface area contributed by atoms with E-state index in [1.165, 1.54) is 31.4 Å². The van der Waals surface area contributed by atoms with Crippen LogP contribution in [0.1, 0.15) is 51.4 Å². The number of carbonyl (C=O) groups is 2. The van der Waals surface area contributed by atoms with Gasteiger partial charge in [0, 0.05) is 11.6 Å². The Morgan fingerprint density at radius 3 is 2.64 bits per heavy atom. The Kier molecular flexibility index (Phi) is 6.11. The van der Waals surface area contributed by atoms with Gasteiger partial charge in [-0.1, -0.05) is 30.2 Å². The molecule has 2 N–H and O–H groups in total. The van der Waals surface area contributed by atoms with Crippen LogP contribution in [0.3, 0.4) is 0 Å². The molecule has 0 spiro atoms. The molecule has 150 valence electrons. The van der Waals surface area contributed by atoms with Gasteiger partial charge in [-0.3, -0.25) is 10.1 Å². The lowest BCUT2D eigenvalue weighted by molar-refractivity contribution is 0.0605. The summed E-state index contributed by atoms with van der Waals surface area (Å²) < 4.78 is 32.5. The second kappa shape index (κ2) is 8.38. The van der Waals surface area contributed by atoms with E-state index in [2.05, 4.69) is 19.8 Å². The lowest BCUT2D eigenvalue weighted by Gasteiger charge is -2.13. The van der Waals surface area contributed by atoms with E-state index >= 15 is 0 Å². The van der Waals surface area contributed by atoms with Gasteiger partial charge in [-0.25, -0.2) is 22.9 Å². The van der Waals surface area contributed by atoms with Crippen molar-refractivity contribution in [2.24, 2.45) is 0 Å². The Labute approximate surface area is 167 Å². The number of nitrogens with one attached hydrogen (secondary N) is 2. The summed E-state index contributed by atoms with van der Waals surface area (Å²) in [5.74, 6) is -1.04. The van der Waals surface area contributed by atoms with Gasteiger partial charge in [0.2, 0.25) is 10.0 Å². The molecule has 0 radical (unpaired) electrons. The number of hydrogen-bond donors (Lipinski definition) is 2. The van der Waals surface area contributed by atoms with E-state index in [0.29, 0.717) is 10.6 Å². The predicted molar refractivity (Wildman–Crippen MR) is 105 cm³/mol. The molecule has 1 saturated carbocycles. The van der Waals surface area contributed by atoms with Crippen LogP contribution in [-0.2, 0) is 14.8 Å². The Morgan fingerprint density at radius 2 is 1.96 bits per heavy atom. The van der Waals surface area contributed by atoms with Gasteiger partial charge in [0.05, 0.1) is 17.7 Å². The topological polar surface area (TPSA) is 114 Å². The van der Waals surface area contributed by atoms with Crippen LogP contribution in [0.4, 0.5) is 5.13 Å². The van der Waals surface area contributed by atoms with Crippen molar-refractivity contribution in [3.8, 4) is 0 Å². The molecular weight excluding hydrogens is 402 g/mol. The number of aryl methyl sites for hydroxylation is 1. The van der Waals surface area contributed by atoms with E-state index in [9.17, 15) is 18.0 Å². The third-order valence-corrected chi connectivity index (χ3v) is 7.04. The van der Waals surface area contributed by atoms with Gasteiger partial charge >= 0.3 is 5.97 Å². The molecule has 1 aliphatic carbocycles. The maximum atomic E-state index is 12.6. The summed E-state index contributed by atoms with van der Waals surface area (Å²) in [6.07, 6.45) is 3.67. The third kappa shape index (κ3) is 4.57. The van der Waals surface area contributed by atoms with Crippen molar-refractivity contribution >= 4 is 38.4 Å². The summed E-state index contributed by atoms with van der Waals surface area (Å²) in [5, 5.41) is 2.83. The van der Waals surface area contributed by atoms with E-state index < -0.39 is 21.9 Å². The SMILES string of the molecule is COC(=O)c1sc(NC(=O)c2cccc(S(=O)(=O)NC3CCCC3)c2)nc1C. The minimum absolute atomic E-state index is 0.0395. The van der Waals surface area contributed by atoms with Crippen LogP contribution < -0.4 is 10.0 Å². The number of hydrogen-bond acceptors (Lipinski definition) is 7. The van der Waals surface area contributed by atoms with Crippen LogP contribution in [0.15, 0.2) is 29.2 Å². The quantitative estimate of drug-likeness (QED) is 0.691. The smallest absolute Gasteiger partial charge is 0.350 e. The van der Waals surface area contributed by atoms with Crippen molar-refractivity contribution in [2.75, 3.05) is 12.4 Å². The zero-order valence-electron chi connectivity index (χ0n) is 15.5. The molecule has 1 fully saturated rings. The Balaban J connectivity index is 1.76. The van der Waals surface area contributed by atoms with Gasteiger partial charge in [0.15, 0.2) is 5.13 Å². The van der Waals surface area contributed by atoms with Crippen LogP contribution in [-0.4, -0.2) is 38.4 Å². The fraction of sp³-hybridized carbons (Fsp3) is 0.389. The molecule has 8 nitrogen and oxygen atoms in total. The zero-order chi connectivity index (χ0) is 20.3. The molecule has 1 heterocycles. The molecule has 0 saturated heterocycles. The summed E-state index contributed by atoms with van der Waals surface area (Å²) in [4.78, 5) is 28.7. The molecule has 1 amide bonds. The molecule has 0 bridgehead atoms.